The lowest BCUT2D eigenvalue weighted by Gasteiger charge is -2.48. The van der Waals surface area contributed by atoms with Crippen molar-refractivity contribution in [2.75, 3.05) is 19.8 Å². The molecule has 18 heteroatoms. The van der Waals surface area contributed by atoms with E-state index in [4.69, 9.17) is 58.5 Å². The molecule has 2 heterocycles. The van der Waals surface area contributed by atoms with Crippen LogP contribution in [0, 0.1) is 12.3 Å². The van der Waals surface area contributed by atoms with Crippen LogP contribution in [0.1, 0.15) is 54.9 Å². The van der Waals surface area contributed by atoms with E-state index in [1.807, 2.05) is 0 Å². The number of hydrogen-bond acceptors (Lipinski definition) is 18. The third-order valence-electron chi connectivity index (χ3n) is 6.41. The molecular formula is C30H40O18. The summed E-state index contributed by atoms with van der Waals surface area (Å²) in [6.45, 7) is 6.27. The Morgan fingerprint density at radius 2 is 0.896 bits per heavy atom. The predicted molar refractivity (Wildman–Crippen MR) is 153 cm³/mol. The Morgan fingerprint density at radius 1 is 0.521 bits per heavy atom. The van der Waals surface area contributed by atoms with Crippen LogP contribution in [0.25, 0.3) is 0 Å². The largest absolute Gasteiger partial charge is 0.463 e. The maximum atomic E-state index is 12.4. The van der Waals surface area contributed by atoms with Gasteiger partial charge in [-0.05, 0) is 0 Å². The topological polar surface area (TPSA) is 221 Å². The first-order chi connectivity index (χ1) is 22.5. The van der Waals surface area contributed by atoms with Crippen molar-refractivity contribution in [2.45, 2.75) is 116 Å². The molecule has 2 fully saturated rings. The van der Waals surface area contributed by atoms with Crippen LogP contribution in [-0.2, 0) is 85.7 Å². The van der Waals surface area contributed by atoms with Crippen molar-refractivity contribution in [1.29, 1.82) is 0 Å². The fourth-order valence-corrected chi connectivity index (χ4v) is 4.84. The molecule has 0 aromatic carbocycles. The van der Waals surface area contributed by atoms with Crippen LogP contribution < -0.4 is 0 Å². The smallest absolute Gasteiger partial charge is 0.303 e. The van der Waals surface area contributed by atoms with Crippen LogP contribution in [0.5, 0.6) is 0 Å². The second-order valence-corrected chi connectivity index (χ2v) is 10.5. The fourth-order valence-electron chi connectivity index (χ4n) is 4.84. The van der Waals surface area contributed by atoms with Crippen molar-refractivity contribution in [2.24, 2.45) is 0 Å². The SMILES string of the molecule is C#CCCO[C@@H]1O[C@H](COC(C)=O)[C@H](O[C@H]2O[C@H](COC(C)=O)[C@H](OC(C)=O)[C@H](OC(C)=O)[C@H]2OC(C)=O)[C@H](OC(C)=O)[C@H]1OC(C)=O. The van der Waals surface area contributed by atoms with Gasteiger partial charge in [0.1, 0.15) is 31.5 Å². The highest BCUT2D eigenvalue weighted by atomic mass is 16.8. The van der Waals surface area contributed by atoms with E-state index in [9.17, 15) is 33.6 Å². The minimum Gasteiger partial charge on any atom is -0.463 e. The quantitative estimate of drug-likeness (QED) is 0.0984. The molecule has 0 saturated carbocycles. The number of rotatable bonds is 14. The molecular weight excluding hydrogens is 648 g/mol. The van der Waals surface area contributed by atoms with Crippen molar-refractivity contribution in [3.8, 4) is 12.3 Å². The molecule has 0 N–H and O–H groups in total. The molecule has 0 aromatic rings. The molecule has 0 bridgehead atoms. The lowest BCUT2D eigenvalue weighted by molar-refractivity contribution is -0.361. The van der Waals surface area contributed by atoms with E-state index >= 15 is 0 Å². The molecule has 0 spiro atoms. The van der Waals surface area contributed by atoms with Crippen LogP contribution in [0.4, 0.5) is 0 Å². The highest BCUT2D eigenvalue weighted by molar-refractivity contribution is 5.69. The number of terminal acetylenes is 1. The molecule has 0 unspecified atom stereocenters. The van der Waals surface area contributed by atoms with Crippen LogP contribution in [-0.4, -0.2) is 123 Å². The Morgan fingerprint density at radius 3 is 1.33 bits per heavy atom. The highest BCUT2D eigenvalue weighted by Gasteiger charge is 2.57. The summed E-state index contributed by atoms with van der Waals surface area (Å²) in [6, 6.07) is 0. The first kappa shape index (κ1) is 39.9. The summed E-state index contributed by atoms with van der Waals surface area (Å²) in [5.41, 5.74) is 0. The molecule has 268 valence electrons. The van der Waals surface area contributed by atoms with E-state index in [1.54, 1.807) is 0 Å². The molecule has 2 aliphatic heterocycles. The van der Waals surface area contributed by atoms with Gasteiger partial charge in [0, 0.05) is 54.9 Å². The zero-order valence-corrected chi connectivity index (χ0v) is 27.5. The van der Waals surface area contributed by atoms with Gasteiger partial charge < -0.3 is 52.1 Å². The third-order valence-corrected chi connectivity index (χ3v) is 6.41. The number of carbonyl (C=O) groups is 7. The zero-order chi connectivity index (χ0) is 36.1. The van der Waals surface area contributed by atoms with Crippen LogP contribution >= 0.6 is 0 Å². The van der Waals surface area contributed by atoms with Gasteiger partial charge in [0.2, 0.25) is 0 Å². The molecule has 0 aromatic heterocycles. The summed E-state index contributed by atoms with van der Waals surface area (Å²) in [5, 5.41) is 0. The van der Waals surface area contributed by atoms with Gasteiger partial charge in [-0.25, -0.2) is 0 Å². The van der Waals surface area contributed by atoms with Crippen molar-refractivity contribution in [3.05, 3.63) is 0 Å². The lowest BCUT2D eigenvalue weighted by Crippen LogP contribution is -2.67. The predicted octanol–water partition coefficient (Wildman–Crippen LogP) is -0.354. The molecule has 2 aliphatic rings. The van der Waals surface area contributed by atoms with Crippen molar-refractivity contribution in [3.63, 3.8) is 0 Å². The van der Waals surface area contributed by atoms with E-state index in [0.717, 1.165) is 48.5 Å². The van der Waals surface area contributed by atoms with Gasteiger partial charge in [-0.2, -0.15) is 0 Å². The third kappa shape index (κ3) is 12.4. The minimum absolute atomic E-state index is 0.0861. The number of ether oxygens (including phenoxy) is 11. The summed E-state index contributed by atoms with van der Waals surface area (Å²) in [6.07, 6.45) is -9.96. The first-order valence-corrected chi connectivity index (χ1v) is 14.7. The monoisotopic (exact) mass is 688 g/mol. The molecule has 0 aliphatic carbocycles. The second kappa shape index (κ2) is 18.9. The van der Waals surface area contributed by atoms with Crippen molar-refractivity contribution < 1.29 is 85.7 Å². The average molecular weight is 689 g/mol. The van der Waals surface area contributed by atoms with E-state index in [1.165, 1.54) is 0 Å². The van der Waals surface area contributed by atoms with Crippen LogP contribution in [0.3, 0.4) is 0 Å². The Hall–Kier alpha value is -4.31. The molecule has 10 atom stereocenters. The van der Waals surface area contributed by atoms with Gasteiger partial charge >= 0.3 is 41.8 Å². The van der Waals surface area contributed by atoms with E-state index in [-0.39, 0.29) is 13.0 Å². The fraction of sp³-hybridized carbons (Fsp3) is 0.700. The van der Waals surface area contributed by atoms with Gasteiger partial charge in [-0.3, -0.25) is 33.6 Å². The molecule has 2 rings (SSSR count). The second-order valence-electron chi connectivity index (χ2n) is 10.5. The number of esters is 7. The van der Waals surface area contributed by atoms with Gasteiger partial charge in [0.15, 0.2) is 43.1 Å². The van der Waals surface area contributed by atoms with Gasteiger partial charge in [-0.15, -0.1) is 12.3 Å². The molecule has 0 radical (unpaired) electrons. The van der Waals surface area contributed by atoms with Crippen LogP contribution in [0.15, 0.2) is 0 Å². The Balaban J connectivity index is 2.71. The minimum atomic E-state index is -1.78. The van der Waals surface area contributed by atoms with Crippen molar-refractivity contribution in [1.82, 2.24) is 0 Å². The van der Waals surface area contributed by atoms with Gasteiger partial charge in [0.25, 0.3) is 0 Å². The van der Waals surface area contributed by atoms with Crippen LogP contribution in [0.2, 0.25) is 0 Å². The maximum absolute atomic E-state index is 12.4. The number of carbonyl (C=O) groups excluding carboxylic acids is 7. The summed E-state index contributed by atoms with van der Waals surface area (Å²) < 4.78 is 61.4. The van der Waals surface area contributed by atoms with Gasteiger partial charge in [-0.1, -0.05) is 0 Å². The maximum Gasteiger partial charge on any atom is 0.303 e. The lowest BCUT2D eigenvalue weighted by atomic mass is 9.96. The Labute approximate surface area is 276 Å². The average Bonchev–Trinajstić information content (AvgIpc) is 2.95. The van der Waals surface area contributed by atoms with Gasteiger partial charge in [0.05, 0.1) is 6.61 Å². The van der Waals surface area contributed by atoms with E-state index in [2.05, 4.69) is 5.92 Å². The summed E-state index contributed by atoms with van der Waals surface area (Å²) >= 11 is 0. The van der Waals surface area contributed by atoms with Crippen molar-refractivity contribution >= 4 is 41.8 Å². The normalized spacial score (nSPS) is 29.6. The molecule has 48 heavy (non-hydrogen) atoms. The first-order valence-electron chi connectivity index (χ1n) is 14.7. The summed E-state index contributed by atoms with van der Waals surface area (Å²) in [7, 11) is 0. The zero-order valence-electron chi connectivity index (χ0n) is 27.5. The standard InChI is InChI=1S/C30H40O18/c1-9-10-11-38-29-27(44-19(7)36)26(43-18(6)35)24(22(46-29)13-40-15(3)32)48-30-28(45-20(8)37)25(42-17(5)34)23(41-16(4)33)21(47-30)12-39-14(2)31/h1,21-30H,10-13H2,2-8H3/t21-,22-,23+,24+,25+,26+,27-,28-,29-,30-/m1/s1. The molecule has 18 nitrogen and oxygen atoms in total. The summed E-state index contributed by atoms with van der Waals surface area (Å²) in [5.74, 6) is -3.49. The summed E-state index contributed by atoms with van der Waals surface area (Å²) in [4.78, 5) is 84.7. The highest BCUT2D eigenvalue weighted by Crippen LogP contribution is 2.35. The Bertz CT molecular complexity index is 1220. The molecule has 2 saturated heterocycles. The van der Waals surface area contributed by atoms with E-state index in [0.29, 0.717) is 0 Å². The number of hydrogen-bond donors (Lipinski definition) is 0. The Kier molecular flexibility index (Phi) is 15.7. The molecule has 0 amide bonds. The van der Waals surface area contributed by atoms with E-state index < -0.39 is 116 Å².